The lowest BCUT2D eigenvalue weighted by Crippen LogP contribution is -2.72. The van der Waals surface area contributed by atoms with Gasteiger partial charge < -0.3 is 9.47 Å². The van der Waals surface area contributed by atoms with Gasteiger partial charge in [0.15, 0.2) is 5.78 Å². The van der Waals surface area contributed by atoms with Crippen molar-refractivity contribution in [2.75, 3.05) is 27.8 Å². The zero-order chi connectivity index (χ0) is 16.2. The van der Waals surface area contributed by atoms with Gasteiger partial charge in [0.1, 0.15) is 11.4 Å². The van der Waals surface area contributed by atoms with Gasteiger partial charge in [-0.05, 0) is 61.8 Å². The number of ketones is 1. The molecule has 0 saturated carbocycles. The van der Waals surface area contributed by atoms with E-state index in [2.05, 4.69) is 24.1 Å². The molecular weight excluding hydrogens is 290 g/mol. The van der Waals surface area contributed by atoms with Gasteiger partial charge in [-0.15, -0.1) is 0 Å². The van der Waals surface area contributed by atoms with Crippen LogP contribution in [0.2, 0.25) is 0 Å². The Balaban J connectivity index is 2.01. The molecule has 1 heterocycles. The van der Waals surface area contributed by atoms with Crippen molar-refractivity contribution in [1.29, 1.82) is 0 Å². The first kappa shape index (κ1) is 14.9. The summed E-state index contributed by atoms with van der Waals surface area (Å²) < 4.78 is 11.6. The van der Waals surface area contributed by atoms with E-state index < -0.39 is 5.60 Å². The number of carbonyl (C=O) groups is 1. The zero-order valence-corrected chi connectivity index (χ0v) is 14.0. The van der Waals surface area contributed by atoms with Crippen LogP contribution in [0.5, 0.6) is 5.75 Å². The van der Waals surface area contributed by atoms with Crippen LogP contribution >= 0.6 is 0 Å². The predicted molar refractivity (Wildman–Crippen MR) is 87.9 cm³/mol. The highest BCUT2D eigenvalue weighted by molar-refractivity contribution is 5.93. The Kier molecular flexibility index (Phi) is 3.19. The summed E-state index contributed by atoms with van der Waals surface area (Å²) in [6.45, 7) is 0.980. The van der Waals surface area contributed by atoms with E-state index in [-0.39, 0.29) is 17.2 Å². The molecule has 23 heavy (non-hydrogen) atoms. The summed E-state index contributed by atoms with van der Waals surface area (Å²) >= 11 is 0. The Morgan fingerprint density at radius 3 is 2.87 bits per heavy atom. The van der Waals surface area contributed by atoms with E-state index in [1.165, 1.54) is 11.1 Å². The fraction of sp³-hybridized carbons (Fsp3) is 0.526. The van der Waals surface area contributed by atoms with Crippen molar-refractivity contribution in [3.05, 3.63) is 41.5 Å². The van der Waals surface area contributed by atoms with Crippen LogP contribution in [-0.2, 0) is 21.4 Å². The van der Waals surface area contributed by atoms with Crippen molar-refractivity contribution < 1.29 is 14.3 Å². The van der Waals surface area contributed by atoms with Gasteiger partial charge >= 0.3 is 0 Å². The maximum Gasteiger partial charge on any atom is 0.156 e. The molecule has 1 aromatic rings. The minimum absolute atomic E-state index is 0.191. The minimum atomic E-state index is -0.437. The van der Waals surface area contributed by atoms with E-state index in [1.807, 2.05) is 12.1 Å². The first-order valence-corrected chi connectivity index (χ1v) is 8.21. The number of likely N-dealkylation sites (N-methyl/N-ethyl adjacent to an activating group) is 1. The van der Waals surface area contributed by atoms with Crippen molar-refractivity contribution in [3.63, 3.8) is 0 Å². The molecule has 1 aliphatic heterocycles. The molecule has 2 bridgehead atoms. The smallest absolute Gasteiger partial charge is 0.156 e. The van der Waals surface area contributed by atoms with Gasteiger partial charge in [0.25, 0.3) is 0 Å². The summed E-state index contributed by atoms with van der Waals surface area (Å²) in [6.07, 6.45) is 6.12. The molecule has 1 saturated heterocycles. The third kappa shape index (κ3) is 1.76. The minimum Gasteiger partial charge on any atom is -0.497 e. The quantitative estimate of drug-likeness (QED) is 0.838. The Labute approximate surface area is 137 Å². The number of fused-ring (bicyclic) bond motifs is 1. The summed E-state index contributed by atoms with van der Waals surface area (Å²) in [5.41, 5.74) is 1.83. The van der Waals surface area contributed by atoms with Gasteiger partial charge in [-0.2, -0.15) is 0 Å². The molecule has 0 aromatic heterocycles. The largest absolute Gasteiger partial charge is 0.497 e. The molecular formula is C19H23NO3. The van der Waals surface area contributed by atoms with Gasteiger partial charge in [0.2, 0.25) is 0 Å². The average Bonchev–Trinajstić information content (AvgIpc) is 2.57. The van der Waals surface area contributed by atoms with Gasteiger partial charge in [-0.1, -0.05) is 6.07 Å². The molecule has 0 amide bonds. The number of piperidine rings is 1. The summed E-state index contributed by atoms with van der Waals surface area (Å²) in [4.78, 5) is 14.7. The second-order valence-electron chi connectivity index (χ2n) is 7.03. The normalized spacial score (nSPS) is 35.6. The van der Waals surface area contributed by atoms with Crippen molar-refractivity contribution in [3.8, 4) is 5.75 Å². The number of hydrogen-bond acceptors (Lipinski definition) is 4. The van der Waals surface area contributed by atoms with E-state index in [4.69, 9.17) is 9.47 Å². The number of ether oxygens (including phenoxy) is 2. The number of rotatable bonds is 2. The Morgan fingerprint density at radius 1 is 1.30 bits per heavy atom. The summed E-state index contributed by atoms with van der Waals surface area (Å²) in [5.74, 6) is 1.04. The fourth-order valence-corrected chi connectivity index (χ4v) is 5.10. The Morgan fingerprint density at radius 2 is 2.13 bits per heavy atom. The van der Waals surface area contributed by atoms with E-state index in [9.17, 15) is 4.79 Å². The fourth-order valence-electron chi connectivity index (χ4n) is 5.10. The van der Waals surface area contributed by atoms with Crippen LogP contribution in [0.3, 0.4) is 0 Å². The lowest BCUT2D eigenvalue weighted by molar-refractivity contribution is -0.146. The number of carbonyl (C=O) groups excluding carboxylic acids is 1. The van der Waals surface area contributed by atoms with Crippen LogP contribution in [0, 0.1) is 0 Å². The number of likely N-dealkylation sites (tertiary alicyclic amines) is 1. The summed E-state index contributed by atoms with van der Waals surface area (Å²) in [6, 6.07) is 6.55. The molecule has 0 N–H and O–H groups in total. The topological polar surface area (TPSA) is 38.8 Å². The van der Waals surface area contributed by atoms with Gasteiger partial charge in [-0.25, -0.2) is 0 Å². The number of allylic oxidation sites excluding steroid dienone is 1. The first-order valence-electron chi connectivity index (χ1n) is 8.21. The zero-order valence-electron chi connectivity index (χ0n) is 14.0. The highest BCUT2D eigenvalue weighted by atomic mass is 16.5. The third-order valence-electron chi connectivity index (χ3n) is 6.24. The molecule has 0 radical (unpaired) electrons. The van der Waals surface area contributed by atoms with Crippen LogP contribution < -0.4 is 4.74 Å². The standard InChI is InChI=1S/C19H23NO3/c1-20-9-8-18-12-14(21)6-7-19(18,23-3)17(20)10-13-4-5-15(22-2)11-16(13)18/h4-7,11,17H,8-10,12H2,1-3H3/t17-,18-,19-/m1/s1. The number of benzene rings is 1. The molecule has 1 aromatic carbocycles. The molecule has 4 rings (SSSR count). The monoisotopic (exact) mass is 313 g/mol. The predicted octanol–water partition coefficient (Wildman–Crippen LogP) is 2.11. The van der Waals surface area contributed by atoms with Crippen LogP contribution in [0.4, 0.5) is 0 Å². The Hall–Kier alpha value is -1.65. The van der Waals surface area contributed by atoms with Crippen LogP contribution in [0.1, 0.15) is 24.0 Å². The van der Waals surface area contributed by atoms with Crippen LogP contribution in [0.15, 0.2) is 30.4 Å². The van der Waals surface area contributed by atoms with E-state index in [1.54, 1.807) is 20.3 Å². The molecule has 0 unspecified atom stereocenters. The number of methoxy groups -OCH3 is 2. The second kappa shape index (κ2) is 4.92. The van der Waals surface area contributed by atoms with Crippen LogP contribution in [0.25, 0.3) is 0 Å². The number of nitrogens with zero attached hydrogens (tertiary/aromatic N) is 1. The molecule has 2 aliphatic carbocycles. The SMILES string of the molecule is COc1ccc2c(c1)[C@]13CCN(C)[C@H](C2)[C@]1(OC)C=CC(=O)C3. The third-order valence-corrected chi connectivity index (χ3v) is 6.24. The van der Waals surface area contributed by atoms with E-state index in [0.717, 1.165) is 25.1 Å². The van der Waals surface area contributed by atoms with Gasteiger partial charge in [0.05, 0.1) is 7.11 Å². The first-order chi connectivity index (χ1) is 11.1. The van der Waals surface area contributed by atoms with Crippen LogP contribution in [-0.4, -0.2) is 50.1 Å². The molecule has 4 heteroatoms. The molecule has 1 fully saturated rings. The lowest BCUT2D eigenvalue weighted by atomic mass is 9.51. The van der Waals surface area contributed by atoms with Crippen molar-refractivity contribution in [1.82, 2.24) is 4.90 Å². The van der Waals surface area contributed by atoms with E-state index in [0.29, 0.717) is 6.42 Å². The summed E-state index contributed by atoms with van der Waals surface area (Å²) in [5, 5.41) is 0. The molecule has 3 atom stereocenters. The molecule has 0 spiro atoms. The van der Waals surface area contributed by atoms with Gasteiger partial charge in [-0.3, -0.25) is 9.69 Å². The van der Waals surface area contributed by atoms with E-state index >= 15 is 0 Å². The lowest BCUT2D eigenvalue weighted by Gasteiger charge is -2.62. The van der Waals surface area contributed by atoms with Crippen molar-refractivity contribution >= 4 is 5.78 Å². The van der Waals surface area contributed by atoms with Gasteiger partial charge in [0, 0.05) is 25.0 Å². The maximum absolute atomic E-state index is 12.3. The highest BCUT2D eigenvalue weighted by Crippen LogP contribution is 2.57. The van der Waals surface area contributed by atoms with Crippen molar-refractivity contribution in [2.24, 2.45) is 0 Å². The highest BCUT2D eigenvalue weighted by Gasteiger charge is 2.64. The average molecular weight is 313 g/mol. The Bertz CT molecular complexity index is 698. The molecule has 3 aliphatic rings. The van der Waals surface area contributed by atoms with Crippen molar-refractivity contribution in [2.45, 2.75) is 36.3 Å². The summed E-state index contributed by atoms with van der Waals surface area (Å²) in [7, 11) is 5.63. The molecule has 4 nitrogen and oxygen atoms in total. The second-order valence-corrected chi connectivity index (χ2v) is 7.03. The number of hydrogen-bond donors (Lipinski definition) is 0. The molecule has 122 valence electrons. The maximum atomic E-state index is 12.3.